The smallest absolute Gasteiger partial charge is 0.311 e. The summed E-state index contributed by atoms with van der Waals surface area (Å²) in [6.07, 6.45) is 0. The van der Waals surface area contributed by atoms with Crippen molar-refractivity contribution in [3.05, 3.63) is 127 Å². The number of nitro groups is 2. The molecule has 37 heavy (non-hydrogen) atoms. The van der Waals surface area contributed by atoms with Gasteiger partial charge in [-0.2, -0.15) is 0 Å². The normalized spacial score (nSPS) is 10.5. The Kier molecular flexibility index (Phi) is 6.61. The summed E-state index contributed by atoms with van der Waals surface area (Å²) < 4.78 is 5.72. The van der Waals surface area contributed by atoms with Gasteiger partial charge in [0.15, 0.2) is 23.1 Å². The molecule has 0 bridgehead atoms. The van der Waals surface area contributed by atoms with E-state index in [9.17, 15) is 40.0 Å². The van der Waals surface area contributed by atoms with Gasteiger partial charge in [-0.05, 0) is 72.8 Å². The SMILES string of the molecule is O=C(c1ccc(Oc2ccc(C(=O)c3ccc(O)c([N+](=O)[O-])c3)cc2)cc1)c1ccc(O)c([N+](=O)[O-])c1. The molecule has 4 aromatic carbocycles. The molecule has 0 aromatic heterocycles. The van der Waals surface area contributed by atoms with Gasteiger partial charge < -0.3 is 14.9 Å². The molecule has 4 aromatic rings. The van der Waals surface area contributed by atoms with Gasteiger partial charge in [0.25, 0.3) is 0 Å². The van der Waals surface area contributed by atoms with Crippen LogP contribution in [0.3, 0.4) is 0 Å². The van der Waals surface area contributed by atoms with Crippen LogP contribution >= 0.6 is 0 Å². The third-order valence-electron chi connectivity index (χ3n) is 5.34. The number of aromatic hydroxyl groups is 2. The lowest BCUT2D eigenvalue weighted by Crippen LogP contribution is -2.02. The highest BCUT2D eigenvalue weighted by Crippen LogP contribution is 2.30. The van der Waals surface area contributed by atoms with Crippen molar-refractivity contribution >= 4 is 22.9 Å². The Hall–Kier alpha value is -5.58. The minimum atomic E-state index is -0.781. The first kappa shape index (κ1) is 24.5. The largest absolute Gasteiger partial charge is 0.502 e. The fourth-order valence-electron chi connectivity index (χ4n) is 3.44. The lowest BCUT2D eigenvalue weighted by molar-refractivity contribution is -0.386. The second-order valence-electron chi connectivity index (χ2n) is 7.73. The van der Waals surface area contributed by atoms with Crippen LogP contribution in [0.15, 0.2) is 84.9 Å². The average molecular weight is 500 g/mol. The van der Waals surface area contributed by atoms with Crippen molar-refractivity contribution in [2.75, 3.05) is 0 Å². The number of hydrogen-bond acceptors (Lipinski definition) is 9. The van der Waals surface area contributed by atoms with E-state index in [0.29, 0.717) is 11.5 Å². The molecule has 0 saturated heterocycles. The van der Waals surface area contributed by atoms with Crippen molar-refractivity contribution in [3.63, 3.8) is 0 Å². The van der Waals surface area contributed by atoms with Crippen LogP contribution in [0.2, 0.25) is 0 Å². The highest BCUT2D eigenvalue weighted by Gasteiger charge is 2.19. The average Bonchev–Trinajstić information content (AvgIpc) is 2.89. The van der Waals surface area contributed by atoms with Gasteiger partial charge in [-0.25, -0.2) is 0 Å². The van der Waals surface area contributed by atoms with Gasteiger partial charge in [-0.3, -0.25) is 29.8 Å². The number of carbonyl (C=O) groups excluding carboxylic acids is 2. The predicted molar refractivity (Wildman–Crippen MR) is 129 cm³/mol. The number of ketones is 2. The molecule has 4 rings (SSSR count). The van der Waals surface area contributed by atoms with Crippen molar-refractivity contribution in [3.8, 4) is 23.0 Å². The maximum Gasteiger partial charge on any atom is 0.311 e. The molecule has 0 heterocycles. The third kappa shape index (κ3) is 5.25. The Morgan fingerprint density at radius 3 is 1.22 bits per heavy atom. The first-order valence-corrected chi connectivity index (χ1v) is 10.6. The summed E-state index contributed by atoms with van der Waals surface area (Å²) in [7, 11) is 0. The van der Waals surface area contributed by atoms with E-state index in [4.69, 9.17) is 4.74 Å². The highest BCUT2D eigenvalue weighted by atomic mass is 16.6. The second-order valence-corrected chi connectivity index (χ2v) is 7.73. The summed E-state index contributed by atoms with van der Waals surface area (Å²) in [5.41, 5.74) is -0.574. The maximum atomic E-state index is 12.7. The summed E-state index contributed by atoms with van der Waals surface area (Å²) in [6, 6.07) is 18.8. The van der Waals surface area contributed by atoms with E-state index >= 15 is 0 Å². The lowest BCUT2D eigenvalue weighted by atomic mass is 10.0. The zero-order valence-corrected chi connectivity index (χ0v) is 18.7. The first-order chi connectivity index (χ1) is 17.6. The zero-order chi connectivity index (χ0) is 26.7. The Morgan fingerprint density at radius 2 is 0.892 bits per heavy atom. The van der Waals surface area contributed by atoms with Crippen molar-refractivity contribution < 1.29 is 34.4 Å². The molecule has 0 radical (unpaired) electrons. The van der Waals surface area contributed by atoms with E-state index in [2.05, 4.69) is 0 Å². The van der Waals surface area contributed by atoms with Crippen LogP contribution in [0, 0.1) is 20.2 Å². The number of rotatable bonds is 8. The van der Waals surface area contributed by atoms with E-state index < -0.39 is 44.3 Å². The summed E-state index contributed by atoms with van der Waals surface area (Å²) in [4.78, 5) is 45.8. The number of ether oxygens (including phenoxy) is 1. The number of carbonyl (C=O) groups is 2. The van der Waals surface area contributed by atoms with Gasteiger partial charge in [0.1, 0.15) is 11.5 Å². The maximum absolute atomic E-state index is 12.7. The minimum absolute atomic E-state index is 0.0392. The minimum Gasteiger partial charge on any atom is -0.502 e. The van der Waals surface area contributed by atoms with Gasteiger partial charge in [0, 0.05) is 34.4 Å². The molecule has 0 saturated carbocycles. The summed E-state index contributed by atoms with van der Waals surface area (Å²) in [5.74, 6) is -1.29. The van der Waals surface area contributed by atoms with Crippen LogP contribution in [0.4, 0.5) is 11.4 Å². The molecule has 0 atom stereocenters. The molecular formula is C26H16N2O9. The van der Waals surface area contributed by atoms with E-state index in [1.165, 1.54) is 60.7 Å². The number of phenolic OH excluding ortho intramolecular Hbond substituents is 2. The quantitative estimate of drug-likeness (QED) is 0.188. The highest BCUT2D eigenvalue weighted by molar-refractivity contribution is 6.10. The first-order valence-electron chi connectivity index (χ1n) is 10.6. The number of nitro benzene ring substituents is 2. The number of benzene rings is 4. The van der Waals surface area contributed by atoms with Crippen LogP contribution in [0.1, 0.15) is 31.8 Å². The molecule has 0 spiro atoms. The van der Waals surface area contributed by atoms with Crippen LogP contribution in [0.5, 0.6) is 23.0 Å². The van der Waals surface area contributed by atoms with Gasteiger partial charge in [-0.1, -0.05) is 0 Å². The van der Waals surface area contributed by atoms with E-state index in [0.717, 1.165) is 24.3 Å². The molecule has 0 amide bonds. The number of nitrogens with zero attached hydrogens (tertiary/aromatic N) is 2. The fraction of sp³-hybridized carbons (Fsp3) is 0. The molecule has 11 heteroatoms. The Balaban J connectivity index is 1.46. The second kappa shape index (κ2) is 9.96. The Labute approximate surface area is 208 Å². The van der Waals surface area contributed by atoms with Gasteiger partial charge in [0.05, 0.1) is 9.85 Å². The Morgan fingerprint density at radius 1 is 0.568 bits per heavy atom. The number of phenols is 2. The third-order valence-corrected chi connectivity index (χ3v) is 5.34. The van der Waals surface area contributed by atoms with E-state index in [1.807, 2.05) is 0 Å². The van der Waals surface area contributed by atoms with Crippen molar-refractivity contribution in [1.29, 1.82) is 0 Å². The van der Waals surface area contributed by atoms with Crippen molar-refractivity contribution in [2.24, 2.45) is 0 Å². The predicted octanol–water partition coefficient (Wildman–Crippen LogP) is 5.17. The van der Waals surface area contributed by atoms with Gasteiger partial charge in [-0.15, -0.1) is 0 Å². The van der Waals surface area contributed by atoms with Gasteiger partial charge in [0.2, 0.25) is 0 Å². The molecule has 0 aliphatic carbocycles. The van der Waals surface area contributed by atoms with Crippen LogP contribution in [-0.2, 0) is 0 Å². The van der Waals surface area contributed by atoms with Crippen molar-refractivity contribution in [2.45, 2.75) is 0 Å². The van der Waals surface area contributed by atoms with Crippen LogP contribution < -0.4 is 4.74 Å². The molecule has 0 fully saturated rings. The molecule has 2 N–H and O–H groups in total. The molecule has 0 unspecified atom stereocenters. The van der Waals surface area contributed by atoms with Gasteiger partial charge >= 0.3 is 11.4 Å². The number of hydrogen-bond donors (Lipinski definition) is 2. The fourth-order valence-corrected chi connectivity index (χ4v) is 3.44. The monoisotopic (exact) mass is 500 g/mol. The van der Waals surface area contributed by atoms with Crippen molar-refractivity contribution in [1.82, 2.24) is 0 Å². The van der Waals surface area contributed by atoms with Crippen LogP contribution in [-0.4, -0.2) is 31.6 Å². The summed E-state index contributed by atoms with van der Waals surface area (Å²) in [5, 5.41) is 41.1. The van der Waals surface area contributed by atoms with Crippen LogP contribution in [0.25, 0.3) is 0 Å². The summed E-state index contributed by atoms with van der Waals surface area (Å²) in [6.45, 7) is 0. The molecule has 184 valence electrons. The molecule has 0 aliphatic rings. The molecule has 11 nitrogen and oxygen atoms in total. The standard InChI is InChI=1S/C26H16N2O9/c29-23-11-5-17(13-21(23)27(33)34)25(31)15-1-7-19(8-2-15)37-20-9-3-16(4-10-20)26(32)18-6-12-24(30)22(14-18)28(35)36/h1-14,29-30H. The topological polar surface area (TPSA) is 170 Å². The van der Waals surface area contributed by atoms with E-state index in [-0.39, 0.29) is 22.3 Å². The molecular weight excluding hydrogens is 484 g/mol. The zero-order valence-electron chi connectivity index (χ0n) is 18.7. The summed E-state index contributed by atoms with van der Waals surface area (Å²) >= 11 is 0. The molecule has 0 aliphatic heterocycles. The lowest BCUT2D eigenvalue weighted by Gasteiger charge is -2.08. The van der Waals surface area contributed by atoms with E-state index in [1.54, 1.807) is 0 Å². The Bertz CT molecular complexity index is 1430.